The molecule has 0 radical (unpaired) electrons. The summed E-state index contributed by atoms with van der Waals surface area (Å²) in [7, 11) is 2.09. The number of benzene rings is 1. The van der Waals surface area contributed by atoms with E-state index in [1.165, 1.54) is 0 Å². The molecule has 0 saturated carbocycles. The highest BCUT2D eigenvalue weighted by Gasteiger charge is 2.56. The predicted octanol–water partition coefficient (Wildman–Crippen LogP) is 1.91. The van der Waals surface area contributed by atoms with E-state index in [1.54, 1.807) is 17.8 Å². The number of rotatable bonds is 2. The van der Waals surface area contributed by atoms with E-state index in [1.807, 2.05) is 41.7 Å². The maximum atomic E-state index is 13.0. The van der Waals surface area contributed by atoms with Crippen LogP contribution in [0.15, 0.2) is 29.3 Å². The maximum Gasteiger partial charge on any atom is 0.242 e. The first-order valence-corrected chi connectivity index (χ1v) is 11.5. The highest BCUT2D eigenvalue weighted by Crippen LogP contribution is 2.47. The van der Waals surface area contributed by atoms with Crippen molar-refractivity contribution in [1.82, 2.24) is 9.80 Å². The summed E-state index contributed by atoms with van der Waals surface area (Å²) >= 11 is 5.48. The SMILES string of the molecule is CN1C2CSC1C1CSC(C3CSC(c4ccccc4O)=N3)N1C2=O. The van der Waals surface area contributed by atoms with Crippen LogP contribution in [0.2, 0.25) is 0 Å². The van der Waals surface area contributed by atoms with Crippen molar-refractivity contribution in [2.24, 2.45) is 4.99 Å². The molecule has 0 spiro atoms. The van der Waals surface area contributed by atoms with Crippen molar-refractivity contribution >= 4 is 46.2 Å². The Bertz CT molecular complexity index is 758. The average molecular weight is 394 g/mol. The molecule has 25 heavy (non-hydrogen) atoms. The van der Waals surface area contributed by atoms with Gasteiger partial charge in [0.15, 0.2) is 0 Å². The Morgan fingerprint density at radius 1 is 1.16 bits per heavy atom. The van der Waals surface area contributed by atoms with Crippen molar-refractivity contribution in [3.63, 3.8) is 0 Å². The number of likely N-dealkylation sites (N-methyl/N-ethyl adjacent to an activating group) is 1. The topological polar surface area (TPSA) is 56.1 Å². The molecule has 1 aromatic carbocycles. The lowest BCUT2D eigenvalue weighted by Crippen LogP contribution is -2.62. The van der Waals surface area contributed by atoms with Crippen molar-refractivity contribution < 1.29 is 9.90 Å². The Kier molecular flexibility index (Phi) is 4.00. The van der Waals surface area contributed by atoms with Crippen molar-refractivity contribution in [1.29, 1.82) is 0 Å². The van der Waals surface area contributed by atoms with Gasteiger partial charge in [-0.05, 0) is 19.2 Å². The second-order valence-corrected chi connectivity index (χ2v) is 10.1. The zero-order valence-corrected chi connectivity index (χ0v) is 16.2. The number of para-hydroxylation sites is 1. The average Bonchev–Trinajstić information content (AvgIpc) is 3.30. The molecule has 0 aliphatic carbocycles. The minimum Gasteiger partial charge on any atom is -0.507 e. The van der Waals surface area contributed by atoms with Gasteiger partial charge in [0.05, 0.1) is 23.5 Å². The van der Waals surface area contributed by atoms with Crippen LogP contribution in [0.5, 0.6) is 5.75 Å². The predicted molar refractivity (Wildman–Crippen MR) is 106 cm³/mol. The van der Waals surface area contributed by atoms with Crippen molar-refractivity contribution in [3.8, 4) is 5.75 Å². The first-order chi connectivity index (χ1) is 12.1. The van der Waals surface area contributed by atoms with Crippen molar-refractivity contribution in [3.05, 3.63) is 29.8 Å². The number of phenolic OH excluding ortho intramolecular Hbond substituents is 1. The summed E-state index contributed by atoms with van der Waals surface area (Å²) in [6.45, 7) is 0. The number of aliphatic imine (C=N–C) groups is 1. The first-order valence-electron chi connectivity index (χ1n) is 8.41. The number of aromatic hydroxyl groups is 1. The van der Waals surface area contributed by atoms with Crippen LogP contribution in [0, 0.1) is 0 Å². The number of nitrogens with zero attached hydrogens (tertiary/aromatic N) is 3. The van der Waals surface area contributed by atoms with E-state index >= 15 is 0 Å². The van der Waals surface area contributed by atoms with Gasteiger partial charge in [-0.25, -0.2) is 0 Å². The molecule has 2 bridgehead atoms. The van der Waals surface area contributed by atoms with Crippen LogP contribution < -0.4 is 0 Å². The number of thioether (sulfide) groups is 3. The minimum atomic E-state index is 0.0307. The van der Waals surface area contributed by atoms with E-state index in [-0.39, 0.29) is 29.1 Å². The molecule has 5 atom stereocenters. The monoisotopic (exact) mass is 393 g/mol. The third-order valence-corrected chi connectivity index (χ3v) is 9.41. The number of carbonyl (C=O) groups excluding carboxylic acids is 1. The van der Waals surface area contributed by atoms with Crippen LogP contribution in [0.4, 0.5) is 0 Å². The third kappa shape index (κ3) is 2.44. The molecule has 5 rings (SSSR count). The summed E-state index contributed by atoms with van der Waals surface area (Å²) in [6.07, 6.45) is 0. The van der Waals surface area contributed by atoms with E-state index in [4.69, 9.17) is 4.99 Å². The molecule has 3 fully saturated rings. The third-order valence-electron chi connectivity index (χ3n) is 5.39. The molecule has 4 aliphatic heterocycles. The van der Waals surface area contributed by atoms with Crippen molar-refractivity contribution in [2.45, 2.75) is 28.9 Å². The number of phenols is 1. The van der Waals surface area contributed by atoms with Crippen LogP contribution in [-0.2, 0) is 4.79 Å². The highest BCUT2D eigenvalue weighted by molar-refractivity contribution is 8.14. The largest absolute Gasteiger partial charge is 0.507 e. The Morgan fingerprint density at radius 2 is 1.96 bits per heavy atom. The molecule has 1 aromatic rings. The Hall–Kier alpha value is -0.830. The number of piperazine rings is 1. The quantitative estimate of drug-likeness (QED) is 0.828. The van der Waals surface area contributed by atoms with Gasteiger partial charge in [0.1, 0.15) is 16.2 Å². The van der Waals surface area contributed by atoms with Gasteiger partial charge in [0.2, 0.25) is 5.91 Å². The van der Waals surface area contributed by atoms with Crippen LogP contribution in [0.1, 0.15) is 5.56 Å². The molecule has 8 heteroatoms. The van der Waals surface area contributed by atoms with Gasteiger partial charge in [-0.3, -0.25) is 14.7 Å². The number of carbonyl (C=O) groups is 1. The summed E-state index contributed by atoms with van der Waals surface area (Å²) in [5.74, 6) is 3.33. The van der Waals surface area contributed by atoms with Crippen LogP contribution in [-0.4, -0.2) is 79.0 Å². The van der Waals surface area contributed by atoms with E-state index in [9.17, 15) is 9.90 Å². The molecule has 1 N–H and O–H groups in total. The molecule has 4 heterocycles. The summed E-state index contributed by atoms with van der Waals surface area (Å²) in [5.41, 5.74) is 0.801. The normalized spacial score (nSPS) is 37.5. The number of hydrogen-bond donors (Lipinski definition) is 1. The molecule has 0 aromatic heterocycles. The van der Waals surface area contributed by atoms with E-state index in [0.29, 0.717) is 11.4 Å². The first kappa shape index (κ1) is 16.4. The van der Waals surface area contributed by atoms with Gasteiger partial charge in [-0.2, -0.15) is 0 Å². The fourth-order valence-corrected chi connectivity index (χ4v) is 8.58. The lowest BCUT2D eigenvalue weighted by molar-refractivity contribution is -0.143. The lowest BCUT2D eigenvalue weighted by Gasteiger charge is -2.42. The Morgan fingerprint density at radius 3 is 2.80 bits per heavy atom. The smallest absolute Gasteiger partial charge is 0.242 e. The van der Waals surface area contributed by atoms with E-state index in [2.05, 4.69) is 16.8 Å². The molecule has 1 amide bonds. The minimum absolute atomic E-state index is 0.0307. The van der Waals surface area contributed by atoms with Crippen LogP contribution in [0.25, 0.3) is 0 Å². The number of amides is 1. The molecule has 5 unspecified atom stereocenters. The summed E-state index contributed by atoms with van der Waals surface area (Å²) in [5, 5.41) is 11.5. The van der Waals surface area contributed by atoms with Crippen LogP contribution >= 0.6 is 35.3 Å². The standard InChI is InChI=1S/C17H19N3O2S3/c1-19-11-7-25-17(19)12-8-24-16(20(12)15(11)22)10-6-23-14(18-10)9-4-2-3-5-13(9)21/h2-5,10-12,16-17,21H,6-8H2,1H3. The molecule has 3 saturated heterocycles. The second kappa shape index (κ2) is 6.11. The summed E-state index contributed by atoms with van der Waals surface area (Å²) in [4.78, 5) is 22.3. The number of fused-ring (bicyclic) bond motifs is 4. The summed E-state index contributed by atoms with van der Waals surface area (Å²) < 4.78 is 0. The zero-order valence-electron chi connectivity index (χ0n) is 13.7. The zero-order chi connectivity index (χ0) is 17.1. The van der Waals surface area contributed by atoms with Crippen molar-refractivity contribution in [2.75, 3.05) is 24.3 Å². The molecular weight excluding hydrogens is 374 g/mol. The summed E-state index contributed by atoms with van der Waals surface area (Å²) in [6, 6.07) is 7.78. The van der Waals surface area contributed by atoms with Crippen LogP contribution in [0.3, 0.4) is 0 Å². The van der Waals surface area contributed by atoms with E-state index < -0.39 is 0 Å². The second-order valence-electron chi connectivity index (χ2n) is 6.77. The van der Waals surface area contributed by atoms with Gasteiger partial charge in [0, 0.05) is 22.8 Å². The Labute approximate surface area is 159 Å². The molecule has 4 aliphatic rings. The van der Waals surface area contributed by atoms with Gasteiger partial charge in [-0.1, -0.05) is 12.1 Å². The van der Waals surface area contributed by atoms with Gasteiger partial charge in [-0.15, -0.1) is 35.3 Å². The van der Waals surface area contributed by atoms with Gasteiger partial charge < -0.3 is 10.0 Å². The fourth-order valence-electron chi connectivity index (χ4n) is 4.09. The maximum absolute atomic E-state index is 13.0. The van der Waals surface area contributed by atoms with Gasteiger partial charge in [0.25, 0.3) is 0 Å². The fraction of sp³-hybridized carbons (Fsp3) is 0.529. The lowest BCUT2D eigenvalue weighted by atomic mass is 10.1. The highest BCUT2D eigenvalue weighted by atomic mass is 32.2. The molecule has 5 nitrogen and oxygen atoms in total. The molecule has 132 valence electrons. The van der Waals surface area contributed by atoms with Gasteiger partial charge >= 0.3 is 0 Å². The van der Waals surface area contributed by atoms with E-state index in [0.717, 1.165) is 27.9 Å². The number of hydrogen-bond acceptors (Lipinski definition) is 7. The Balaban J connectivity index is 1.42. The molecular formula is C17H19N3O2S3.